The number of halogens is 2. The van der Waals surface area contributed by atoms with Gasteiger partial charge in [-0.2, -0.15) is 9.98 Å². The number of unbranched alkanes of at least 4 members (excludes halogenated alkanes) is 3. The van der Waals surface area contributed by atoms with E-state index < -0.39 is 273 Å². The number of carbonyl (C=O) groups is 2. The largest absolute Gasteiger partial charge is 0.481 e. The highest BCUT2D eigenvalue weighted by Crippen LogP contribution is 2.39. The van der Waals surface area contributed by atoms with Crippen LogP contribution in [-0.2, 0) is 75.9 Å². The molecule has 0 radical (unpaired) electrons. The van der Waals surface area contributed by atoms with Crippen molar-refractivity contribution in [1.29, 1.82) is 0 Å². The second-order valence-corrected chi connectivity index (χ2v) is 28.7. The highest BCUT2D eigenvalue weighted by Gasteiger charge is 2.60. The Morgan fingerprint density at radius 1 is 0.311 bits per heavy atom. The molecule has 49 nitrogen and oxygen atoms in total. The molecule has 21 aliphatic heterocycles. The summed E-state index contributed by atoms with van der Waals surface area (Å²) in [6, 6.07) is 14.1. The van der Waals surface area contributed by atoms with E-state index in [-0.39, 0.29) is 23.8 Å². The molecule has 21 aliphatic rings. The van der Waals surface area contributed by atoms with E-state index in [0.717, 1.165) is 50.9 Å². The number of hydrogen-bond acceptors (Lipinski definition) is 39. The minimum Gasteiger partial charge on any atom is -0.481 e. The van der Waals surface area contributed by atoms with Gasteiger partial charge >= 0.3 is 0 Å². The van der Waals surface area contributed by atoms with Gasteiger partial charge in [0.15, 0.2) is 44.0 Å². The van der Waals surface area contributed by atoms with Crippen molar-refractivity contribution >= 4 is 70.4 Å². The quantitative estimate of drug-likeness (QED) is 0.0422. The van der Waals surface area contributed by atoms with Gasteiger partial charge in [-0.25, -0.2) is 0 Å². The molecule has 0 saturated carbocycles. The predicted molar refractivity (Wildman–Crippen MR) is 400 cm³/mol. The highest BCUT2D eigenvalue weighted by atomic mass is 35.5. The fraction of sp³-hybridized carbons (Fsp3) is 0.735. The highest BCUT2D eigenvalue weighted by molar-refractivity contribution is 6.31. The molecule has 0 aliphatic carbocycles. The summed E-state index contributed by atoms with van der Waals surface area (Å²) in [4.78, 5) is 34.5. The number of carboxylic acids is 2. The van der Waals surface area contributed by atoms with E-state index in [9.17, 15) is 107 Å². The first kappa shape index (κ1) is 100. The van der Waals surface area contributed by atoms with E-state index in [1.807, 2.05) is 0 Å². The van der Waals surface area contributed by atoms with Crippen LogP contribution < -0.4 is 33.6 Å². The number of aliphatic hydroxyl groups excluding tert-OH is 21. The van der Waals surface area contributed by atoms with E-state index in [1.54, 1.807) is 48.5 Å². The molecule has 35 atom stereocenters. The van der Waals surface area contributed by atoms with Gasteiger partial charge in [-0.15, -0.1) is 0 Å². The predicted octanol–water partition coefficient (Wildman–Crippen LogP) is -11.7. The van der Waals surface area contributed by atoms with E-state index in [0.29, 0.717) is 23.1 Å². The third-order valence-corrected chi connectivity index (χ3v) is 19.6. The Morgan fingerprint density at radius 3 is 0.639 bits per heavy atom. The molecule has 0 aromatic heterocycles. The number of nitrogens with two attached hydrogens (primary N) is 4. The first-order valence-electron chi connectivity index (χ1n) is 37.1. The summed E-state index contributed by atoms with van der Waals surface area (Å²) in [5, 5.41) is 252. The minimum atomic E-state index is -2.21. The van der Waals surface area contributed by atoms with Gasteiger partial charge in [0.25, 0.3) is 11.9 Å². The Bertz CT molecular complexity index is 3050. The number of aliphatic hydroxyl groups is 21. The van der Waals surface area contributed by atoms with Crippen LogP contribution in [0, 0.1) is 0 Å². The third kappa shape index (κ3) is 27.3. The van der Waals surface area contributed by atoms with Gasteiger partial charge in [0.05, 0.1) is 46.2 Å². The molecule has 21 saturated heterocycles. The van der Waals surface area contributed by atoms with Crippen molar-refractivity contribution < 1.29 is 193 Å². The van der Waals surface area contributed by atoms with Crippen molar-refractivity contribution in [2.75, 3.05) is 70.0 Å². The second-order valence-electron chi connectivity index (χ2n) is 27.8. The summed E-state index contributed by atoms with van der Waals surface area (Å²) in [5.41, 5.74) is 24.8. The van der Waals surface area contributed by atoms with Crippen molar-refractivity contribution in [1.82, 2.24) is 0 Å². The van der Waals surface area contributed by atoms with E-state index in [4.69, 9.17) is 132 Å². The first-order valence-corrected chi connectivity index (χ1v) is 37.9. The number of hydrogen-bond donors (Lipinski definition) is 29. The lowest BCUT2D eigenvalue weighted by Crippen LogP contribution is -2.68. The molecule has 21 heterocycles. The molecule has 21 fully saturated rings. The van der Waals surface area contributed by atoms with Crippen molar-refractivity contribution in [3.05, 3.63) is 58.6 Å². The van der Waals surface area contributed by atoms with Crippen LogP contribution in [0.15, 0.2) is 68.5 Å². The molecule has 51 heteroatoms. The molecule has 0 amide bonds. The third-order valence-electron chi connectivity index (χ3n) is 19.1. The van der Waals surface area contributed by atoms with Crippen molar-refractivity contribution in [3.8, 4) is 0 Å². The maximum absolute atomic E-state index is 11.3. The number of nitrogens with one attached hydrogen (secondary N) is 2. The summed E-state index contributed by atoms with van der Waals surface area (Å²) in [5.74, 6) is -1.10. The van der Waals surface area contributed by atoms with Crippen LogP contribution in [0.3, 0.4) is 0 Å². The number of ether oxygens (including phenoxy) is 14. The van der Waals surface area contributed by atoms with Gasteiger partial charge in [0.2, 0.25) is 23.8 Å². The number of anilines is 2. The Morgan fingerprint density at radius 2 is 0.479 bits per heavy atom. The zero-order chi connectivity index (χ0) is 88.0. The molecular weight excluding hydrogens is 1650 g/mol. The number of rotatable bonds is 16. The fourth-order valence-electron chi connectivity index (χ4n) is 13.1. The molecule has 678 valence electrons. The maximum atomic E-state index is 11.3. The topological polar surface area (TPSA) is 806 Å². The van der Waals surface area contributed by atoms with Gasteiger partial charge in [-0.3, -0.25) is 19.6 Å². The summed E-state index contributed by atoms with van der Waals surface area (Å²) in [6.45, 7) is -4.04. The Kier molecular flexibility index (Phi) is 40.2. The first-order chi connectivity index (χ1) is 56.4. The van der Waals surface area contributed by atoms with Crippen LogP contribution in [0.4, 0.5) is 11.4 Å². The number of aliphatic carboxylic acids is 2. The lowest BCUT2D eigenvalue weighted by atomic mass is 9.95. The Labute approximate surface area is 687 Å². The lowest BCUT2D eigenvalue weighted by molar-refractivity contribution is -0.396. The Balaban J connectivity index is 0.000000385. The molecule has 0 spiro atoms. The summed E-state index contributed by atoms with van der Waals surface area (Å²) < 4.78 is 79.5. The summed E-state index contributed by atoms with van der Waals surface area (Å²) in [6.07, 6.45) is -66.6. The smallest absolute Gasteiger partial charge is 0.300 e. The standard InChI is InChI=1S/C42H70O35.C22H30Cl2N10.2C2H4O2/c43-1-8-29-15(50)22(57)36(64-8)72-30-9(2-44)66-38(24(59)17(30)52)74-32-11(4-46)68-40(26(61)19(32)54)76-34-13(6-48)70-42(28(63)21(34)56)77-35-14(7-49)69-41(27(62)20(35)55)75-33-12(5-47)67-39(25(60)18(33)53)73-31-10(3-45)65-37(71-29)23(58)16(31)51;23-15-5-9-17(10-6-15)31-21(27)33-19(25)29-13-3-1-2-4-14-30-20(26)34-22(28)32-18-11-7-16(24)8-12-18;2*1-2(3)4/h8-63H,1-7H2;5-12H,1-4,13-14H2,(H5,25,27,29,31,33)(H5,26,28,30,32,34);2*1H3,(H,3,4)/t8-,9-,10-,11-,12-,13-,14-,15-,16-,17-,18-,19-,20-,21-,22-,23-,24-,25-,26-,27-,28-,29-,30-,31-,32-,33-,34-,35-,36-,37-,38-,39-,40-,41-,42-;;;/m1.../s1. The van der Waals surface area contributed by atoms with Crippen LogP contribution in [-0.4, -0.2) is 428 Å². The zero-order valence-corrected chi connectivity index (χ0v) is 65.2. The number of carboxylic acid groups (broad SMARTS) is 2. The fourth-order valence-corrected chi connectivity index (χ4v) is 13.4. The normalized spacial score (nSPS) is 40.0. The molecule has 119 heavy (non-hydrogen) atoms. The molecule has 14 bridgehead atoms. The zero-order valence-electron chi connectivity index (χ0n) is 63.7. The average Bonchev–Trinajstić information content (AvgIpc) is 0.815. The Hall–Kier alpha value is -5.96. The van der Waals surface area contributed by atoms with Crippen LogP contribution in [0.1, 0.15) is 39.5 Å². The molecular formula is C68H108Cl2N10O39. The van der Waals surface area contributed by atoms with Crippen molar-refractivity contribution in [2.24, 2.45) is 42.9 Å². The number of nitrogens with zero attached hydrogens (tertiary/aromatic N) is 4. The van der Waals surface area contributed by atoms with Crippen LogP contribution in [0.5, 0.6) is 0 Å². The van der Waals surface area contributed by atoms with Gasteiger partial charge in [-0.1, -0.05) is 36.0 Å². The van der Waals surface area contributed by atoms with Gasteiger partial charge in [0, 0.05) is 48.4 Å². The van der Waals surface area contributed by atoms with E-state index in [2.05, 4.69) is 30.6 Å². The van der Waals surface area contributed by atoms with Crippen molar-refractivity contribution in [3.63, 3.8) is 0 Å². The number of guanidine groups is 4. The monoisotopic (exact) mass is 1760 g/mol. The summed E-state index contributed by atoms with van der Waals surface area (Å²) in [7, 11) is 0. The van der Waals surface area contributed by atoms with Gasteiger partial charge < -0.3 is 217 Å². The molecule has 33 N–H and O–H groups in total. The summed E-state index contributed by atoms with van der Waals surface area (Å²) >= 11 is 11.7. The van der Waals surface area contributed by atoms with E-state index >= 15 is 0 Å². The van der Waals surface area contributed by atoms with Gasteiger partial charge in [-0.05, 0) is 61.4 Å². The van der Waals surface area contributed by atoms with Crippen LogP contribution in [0.2, 0.25) is 10.0 Å². The van der Waals surface area contributed by atoms with Crippen LogP contribution in [0.25, 0.3) is 0 Å². The minimum absolute atomic E-state index is 0.124. The number of benzene rings is 2. The number of aliphatic imine (C=N–C) groups is 4. The lowest BCUT2D eigenvalue weighted by Gasteiger charge is -2.50. The van der Waals surface area contributed by atoms with E-state index in [1.165, 1.54) is 0 Å². The van der Waals surface area contributed by atoms with Gasteiger partial charge in [0.1, 0.15) is 171 Å². The molecule has 0 unspecified atom stereocenters. The molecule has 2 aromatic carbocycles. The van der Waals surface area contributed by atoms with Crippen molar-refractivity contribution in [2.45, 2.75) is 254 Å². The molecule has 23 rings (SSSR count). The second kappa shape index (κ2) is 47.8. The maximum Gasteiger partial charge on any atom is 0.300 e. The van der Waals surface area contributed by atoms with Crippen LogP contribution >= 0.6 is 23.2 Å². The average molecular weight is 1760 g/mol. The molecule has 2 aromatic rings. The SMILES string of the molecule is CC(=O)O.CC(=O)O.NC(=N/CCCCCC/N=C(N)/N=C(\N)Nc1ccc(Cl)cc1)/N=C(\N)Nc1ccc(Cl)cc1.OC[C@H]1O[C@@H]2O[C@H]3[C@H](O)[C@@H](O)[C@@H](O[C@H]4[C@H](O)[C@@H](O)[C@@H](O[C@H]5[C@H](O)[C@@H](O)[C@@H](O[C@H]6[C@H](O)[C@@H](O)[C@@H](O[C@H]7[C@H](O)[C@@H](O)[C@@H](O[C@H]8[C@H](O)[C@@H](O)[C@@H](O[C@H]1[C@H](O)[C@H]2O)O[C@@H]8CO)O[C@@H]7CO)O[C@@H]6CO)O[C@@H]5CO)O[C@@H]4CO)O[C@@H]3CO.